The van der Waals surface area contributed by atoms with E-state index in [1.165, 1.54) is 38.5 Å². The van der Waals surface area contributed by atoms with Crippen molar-refractivity contribution in [3.05, 3.63) is 47.6 Å². The molecule has 0 aliphatic heterocycles. The van der Waals surface area contributed by atoms with E-state index >= 15 is 0 Å². The highest BCUT2D eigenvalue weighted by Gasteiger charge is 2.29. The average molecular weight is 443 g/mol. The molecule has 1 aromatic rings. The number of halogens is 5. The molecular weight excluding hydrogens is 411 g/mol. The molecule has 31 heavy (non-hydrogen) atoms. The van der Waals surface area contributed by atoms with Crippen LogP contribution in [0.2, 0.25) is 0 Å². The summed E-state index contributed by atoms with van der Waals surface area (Å²) >= 11 is 0. The van der Waals surface area contributed by atoms with Crippen LogP contribution in [-0.4, -0.2) is 12.8 Å². The summed E-state index contributed by atoms with van der Waals surface area (Å²) in [6.07, 6.45) is 9.87. The van der Waals surface area contributed by atoms with Crippen molar-refractivity contribution in [3.63, 3.8) is 0 Å². The van der Waals surface area contributed by atoms with Crippen LogP contribution in [0.4, 0.5) is 22.0 Å². The Morgan fingerprint density at radius 1 is 0.903 bits per heavy atom. The van der Waals surface area contributed by atoms with Gasteiger partial charge in [0.15, 0.2) is 0 Å². The molecule has 0 heterocycles. The van der Waals surface area contributed by atoms with Gasteiger partial charge in [-0.15, -0.1) is 0 Å². The van der Waals surface area contributed by atoms with Crippen LogP contribution in [0.1, 0.15) is 63.9 Å². The van der Waals surface area contributed by atoms with E-state index in [4.69, 9.17) is 4.74 Å². The maximum atomic E-state index is 13.9. The Labute approximate surface area is 181 Å². The van der Waals surface area contributed by atoms with E-state index in [1.54, 1.807) is 0 Å². The molecule has 0 aromatic heterocycles. The van der Waals surface area contributed by atoms with Gasteiger partial charge >= 0.3 is 6.18 Å². The summed E-state index contributed by atoms with van der Waals surface area (Å²) in [5, 5.41) is 0. The fourth-order valence-electron chi connectivity index (χ4n) is 4.94. The zero-order valence-electron chi connectivity index (χ0n) is 17.9. The lowest BCUT2D eigenvalue weighted by Crippen LogP contribution is -2.24. The molecule has 0 N–H and O–H groups in total. The van der Waals surface area contributed by atoms with E-state index in [2.05, 4.69) is 13.0 Å². The van der Waals surface area contributed by atoms with E-state index in [1.807, 2.05) is 6.08 Å². The lowest BCUT2D eigenvalue weighted by Gasteiger charge is -2.36. The second kappa shape index (κ2) is 10.6. The number of hydrogen-bond acceptors (Lipinski definition) is 1. The molecule has 172 valence electrons. The smallest absolute Gasteiger partial charge is 0.409 e. The first-order chi connectivity index (χ1) is 14.7. The summed E-state index contributed by atoms with van der Waals surface area (Å²) in [6.45, 7) is 2.51. The summed E-state index contributed by atoms with van der Waals surface area (Å²) in [7, 11) is 0. The molecule has 0 unspecified atom stereocenters. The molecular formula is C25H31F5O. The van der Waals surface area contributed by atoms with E-state index < -0.39 is 23.4 Å². The quantitative estimate of drug-likeness (QED) is 0.319. The first-order valence-corrected chi connectivity index (χ1v) is 11.3. The van der Waals surface area contributed by atoms with Crippen LogP contribution >= 0.6 is 0 Å². The minimum absolute atomic E-state index is 0.0426. The Balaban J connectivity index is 1.44. The van der Waals surface area contributed by atoms with Crippen LogP contribution in [0.25, 0.3) is 6.08 Å². The molecule has 0 bridgehead atoms. The first kappa shape index (κ1) is 23.8. The minimum Gasteiger partial charge on any atom is -0.489 e. The minimum atomic E-state index is -4.63. The van der Waals surface area contributed by atoms with Crippen LogP contribution in [0.3, 0.4) is 0 Å². The Morgan fingerprint density at radius 2 is 1.45 bits per heavy atom. The highest BCUT2D eigenvalue weighted by atomic mass is 19.4. The van der Waals surface area contributed by atoms with Crippen molar-refractivity contribution < 1.29 is 26.7 Å². The number of allylic oxidation sites excluding steroid dienone is 2. The fraction of sp³-hybridized carbons (Fsp3) is 0.600. The molecule has 0 saturated heterocycles. The molecule has 0 spiro atoms. The predicted octanol–water partition coefficient (Wildman–Crippen LogP) is 8.11. The monoisotopic (exact) mass is 442 g/mol. The normalized spacial score (nSPS) is 27.8. The molecule has 2 aliphatic carbocycles. The van der Waals surface area contributed by atoms with E-state index in [0.717, 1.165) is 42.7 Å². The topological polar surface area (TPSA) is 9.23 Å². The summed E-state index contributed by atoms with van der Waals surface area (Å²) < 4.78 is 69.9. The number of alkyl halides is 3. The van der Waals surface area contributed by atoms with Crippen LogP contribution in [0.15, 0.2) is 30.4 Å². The maximum absolute atomic E-state index is 13.9. The zero-order valence-corrected chi connectivity index (χ0v) is 17.9. The van der Waals surface area contributed by atoms with Crippen molar-refractivity contribution in [2.24, 2.45) is 23.7 Å². The third-order valence-corrected chi connectivity index (χ3v) is 6.79. The molecule has 1 aromatic carbocycles. The summed E-state index contributed by atoms with van der Waals surface area (Å²) in [5.41, 5.74) is -0.732. The van der Waals surface area contributed by atoms with Crippen molar-refractivity contribution in [3.8, 4) is 5.75 Å². The highest BCUT2D eigenvalue weighted by Crippen LogP contribution is 2.41. The molecule has 3 rings (SSSR count). The average Bonchev–Trinajstić information content (AvgIpc) is 2.71. The summed E-state index contributed by atoms with van der Waals surface area (Å²) in [6, 6.07) is 1.81. The Morgan fingerprint density at radius 3 is 2.00 bits per heavy atom. The molecule has 2 fully saturated rings. The third kappa shape index (κ3) is 7.36. The van der Waals surface area contributed by atoms with Crippen molar-refractivity contribution in [2.45, 2.75) is 64.5 Å². The zero-order chi connectivity index (χ0) is 22.4. The molecule has 0 atom stereocenters. The van der Waals surface area contributed by atoms with Gasteiger partial charge in [0.05, 0.1) is 0 Å². The second-order valence-electron chi connectivity index (χ2n) is 9.11. The van der Waals surface area contributed by atoms with Crippen molar-refractivity contribution in [1.82, 2.24) is 0 Å². The second-order valence-corrected chi connectivity index (χ2v) is 9.11. The van der Waals surface area contributed by atoms with E-state index in [-0.39, 0.29) is 18.4 Å². The van der Waals surface area contributed by atoms with Crippen molar-refractivity contribution in [2.75, 3.05) is 6.61 Å². The van der Waals surface area contributed by atoms with Crippen molar-refractivity contribution in [1.29, 1.82) is 0 Å². The van der Waals surface area contributed by atoms with Gasteiger partial charge in [-0.05, 0) is 68.3 Å². The van der Waals surface area contributed by atoms with Crippen LogP contribution in [-0.2, 0) is 0 Å². The summed E-state index contributed by atoms with van der Waals surface area (Å²) in [4.78, 5) is 0. The molecule has 2 aliphatic rings. The Hall–Kier alpha value is -1.85. The predicted molar refractivity (Wildman–Crippen MR) is 113 cm³/mol. The Bertz CT molecular complexity index is 744. The van der Waals surface area contributed by atoms with Gasteiger partial charge in [-0.25, -0.2) is 8.78 Å². The van der Waals surface area contributed by atoms with Crippen LogP contribution in [0.5, 0.6) is 5.75 Å². The number of hydrogen-bond donors (Lipinski definition) is 0. The lowest BCUT2D eigenvalue weighted by molar-refractivity contribution is -0.0790. The van der Waals surface area contributed by atoms with Gasteiger partial charge in [0.2, 0.25) is 0 Å². The molecule has 1 nitrogen and oxygen atoms in total. The number of rotatable bonds is 6. The van der Waals surface area contributed by atoms with Gasteiger partial charge in [-0.3, -0.25) is 0 Å². The van der Waals surface area contributed by atoms with E-state index in [9.17, 15) is 22.0 Å². The standard InChI is InChI=1S/C25H31F5O/c1-17-4-8-19(9-5-17)20-10-6-18(7-11-20)3-2-14-31-21-15-23(26)22(24(27)16-21)12-13-25(28,29)30/h2-3,12-13,15-20H,4-11,14H2,1H3/b3-2+,13-12+. The van der Waals surface area contributed by atoms with Gasteiger partial charge in [0.1, 0.15) is 24.0 Å². The van der Waals surface area contributed by atoms with Gasteiger partial charge in [0.25, 0.3) is 0 Å². The largest absolute Gasteiger partial charge is 0.489 e. The first-order valence-electron chi connectivity index (χ1n) is 11.3. The molecule has 0 amide bonds. The lowest BCUT2D eigenvalue weighted by atomic mass is 9.69. The van der Waals surface area contributed by atoms with E-state index in [0.29, 0.717) is 12.0 Å². The SMILES string of the molecule is CC1CCC(C2CCC(/C=C/COc3cc(F)c(/C=C/C(F)(F)F)c(F)c3)CC2)CC1. The molecule has 6 heteroatoms. The third-order valence-electron chi connectivity index (χ3n) is 6.79. The number of benzene rings is 1. The summed E-state index contributed by atoms with van der Waals surface area (Å²) in [5.74, 6) is 0.909. The number of ether oxygens (including phenoxy) is 1. The maximum Gasteiger partial charge on any atom is 0.409 e. The highest BCUT2D eigenvalue weighted by molar-refractivity contribution is 5.53. The van der Waals surface area contributed by atoms with Gasteiger partial charge in [0, 0.05) is 23.8 Å². The molecule has 2 saturated carbocycles. The van der Waals surface area contributed by atoms with Gasteiger partial charge < -0.3 is 4.74 Å². The van der Waals surface area contributed by atoms with Crippen molar-refractivity contribution >= 4 is 6.08 Å². The Kier molecular flexibility index (Phi) is 8.17. The van der Waals surface area contributed by atoms with Crippen LogP contribution < -0.4 is 4.74 Å². The fourth-order valence-corrected chi connectivity index (χ4v) is 4.94. The van der Waals surface area contributed by atoms with Crippen LogP contribution in [0, 0.1) is 35.3 Å². The van der Waals surface area contributed by atoms with Gasteiger partial charge in [-0.2, -0.15) is 13.2 Å². The van der Waals surface area contributed by atoms with Gasteiger partial charge in [-0.1, -0.05) is 31.9 Å². The molecule has 0 radical (unpaired) electrons.